The number of aromatic nitrogens is 2. The Morgan fingerprint density at radius 3 is 2.75 bits per heavy atom. The molecule has 0 atom stereocenters. The van der Waals surface area contributed by atoms with Crippen molar-refractivity contribution in [2.24, 2.45) is 0 Å². The molecule has 2 heterocycles. The van der Waals surface area contributed by atoms with E-state index in [4.69, 9.17) is 4.42 Å². The third-order valence-electron chi connectivity index (χ3n) is 4.37. The number of benzene rings is 2. The zero-order valence-corrected chi connectivity index (χ0v) is 15.4. The van der Waals surface area contributed by atoms with Gasteiger partial charge in [-0.05, 0) is 30.3 Å². The van der Waals surface area contributed by atoms with Crippen LogP contribution in [0, 0.1) is 5.82 Å². The van der Waals surface area contributed by atoms with Crippen LogP contribution in [-0.4, -0.2) is 18.0 Å². The van der Waals surface area contributed by atoms with E-state index in [9.17, 15) is 17.6 Å². The fourth-order valence-corrected chi connectivity index (χ4v) is 3.93. The number of aromatic amines is 1. The first-order valence-corrected chi connectivity index (χ1v) is 9.91. The number of nitrogens with zero attached hydrogens (tertiary/aromatic N) is 1. The molecule has 0 bridgehead atoms. The number of sulfonamides is 1. The molecule has 0 saturated heterocycles. The van der Waals surface area contributed by atoms with E-state index in [2.05, 4.69) is 9.71 Å². The van der Waals surface area contributed by atoms with Gasteiger partial charge in [0.25, 0.3) is 0 Å². The normalized spacial score (nSPS) is 11.9. The van der Waals surface area contributed by atoms with Crippen LogP contribution in [-0.2, 0) is 23.1 Å². The summed E-state index contributed by atoms with van der Waals surface area (Å²) in [5, 5.41) is 0. The molecule has 0 unspecified atom stereocenters. The van der Waals surface area contributed by atoms with Crippen LogP contribution in [0.1, 0.15) is 11.3 Å². The number of oxazole rings is 1. The van der Waals surface area contributed by atoms with E-state index < -0.39 is 15.8 Å². The van der Waals surface area contributed by atoms with E-state index in [1.807, 2.05) is 0 Å². The molecular weight excluding hydrogens is 385 g/mol. The van der Waals surface area contributed by atoms with Crippen LogP contribution in [0.3, 0.4) is 0 Å². The second-order valence-corrected chi connectivity index (χ2v) is 7.98. The monoisotopic (exact) mass is 401 g/mol. The maximum absolute atomic E-state index is 13.9. The molecule has 0 amide bonds. The maximum Gasteiger partial charge on any atom is 0.417 e. The molecule has 4 aromatic rings. The highest BCUT2D eigenvalue weighted by Crippen LogP contribution is 2.17. The Bertz CT molecular complexity index is 1300. The number of H-pyrrole nitrogens is 1. The summed E-state index contributed by atoms with van der Waals surface area (Å²) < 4.78 is 48.3. The van der Waals surface area contributed by atoms with Gasteiger partial charge in [-0.1, -0.05) is 18.2 Å². The molecule has 0 spiro atoms. The Kier molecular flexibility index (Phi) is 4.62. The topological polar surface area (TPSA) is 97.1 Å². The largest absolute Gasteiger partial charge is 0.417 e. The molecule has 9 heteroatoms. The smallest absolute Gasteiger partial charge is 0.408 e. The predicted octanol–water partition coefficient (Wildman–Crippen LogP) is 2.59. The Balaban J connectivity index is 1.53. The van der Waals surface area contributed by atoms with Gasteiger partial charge in [0, 0.05) is 23.5 Å². The van der Waals surface area contributed by atoms with Crippen molar-refractivity contribution in [2.75, 3.05) is 0 Å². The highest BCUT2D eigenvalue weighted by molar-refractivity contribution is 7.89. The summed E-state index contributed by atoms with van der Waals surface area (Å²) in [6, 6.07) is 14.1. The molecule has 144 valence electrons. The second kappa shape index (κ2) is 7.10. The Labute approximate surface area is 159 Å². The van der Waals surface area contributed by atoms with Crippen LogP contribution in [0.4, 0.5) is 4.39 Å². The van der Waals surface area contributed by atoms with Gasteiger partial charge < -0.3 is 8.98 Å². The Morgan fingerprint density at radius 2 is 1.93 bits per heavy atom. The van der Waals surface area contributed by atoms with Crippen molar-refractivity contribution in [1.29, 1.82) is 0 Å². The minimum Gasteiger partial charge on any atom is -0.408 e. The lowest BCUT2D eigenvalue weighted by Gasteiger charge is -2.11. The molecule has 0 aliphatic carbocycles. The maximum atomic E-state index is 13.9. The summed E-state index contributed by atoms with van der Waals surface area (Å²) in [5.74, 6) is -0.965. The van der Waals surface area contributed by atoms with Gasteiger partial charge in [0.05, 0.1) is 23.5 Å². The molecule has 2 aromatic carbocycles. The molecule has 0 saturated carbocycles. The first-order valence-electron chi connectivity index (χ1n) is 8.42. The number of fused-ring (bicyclic) bond motifs is 1. The zero-order chi connectivity index (χ0) is 19.7. The predicted molar refractivity (Wildman–Crippen MR) is 101 cm³/mol. The van der Waals surface area contributed by atoms with Crippen molar-refractivity contribution >= 4 is 21.1 Å². The van der Waals surface area contributed by atoms with Gasteiger partial charge in [-0.15, -0.1) is 0 Å². The molecule has 0 aliphatic rings. The standard InChI is InChI=1S/C19H16FN3O4S/c20-16-6-2-1-4-13(16)12-23-9-3-5-14(23)11-21-28(25,26)15-7-8-17-18(10-15)27-19(24)22-17/h1-10,21H,11-12H2,(H,22,24). The van der Waals surface area contributed by atoms with Crippen molar-refractivity contribution in [1.82, 2.24) is 14.3 Å². The average Bonchev–Trinajstić information content (AvgIpc) is 3.26. The van der Waals surface area contributed by atoms with Crippen molar-refractivity contribution in [3.63, 3.8) is 0 Å². The lowest BCUT2D eigenvalue weighted by molar-refractivity contribution is 0.553. The number of rotatable bonds is 6. The highest BCUT2D eigenvalue weighted by Gasteiger charge is 2.17. The second-order valence-electron chi connectivity index (χ2n) is 6.22. The number of hydrogen-bond acceptors (Lipinski definition) is 4. The van der Waals surface area contributed by atoms with Gasteiger partial charge in [-0.2, -0.15) is 0 Å². The van der Waals surface area contributed by atoms with Crippen LogP contribution in [0.5, 0.6) is 0 Å². The minimum atomic E-state index is -3.83. The molecule has 0 fully saturated rings. The van der Waals surface area contributed by atoms with Crippen LogP contribution in [0.2, 0.25) is 0 Å². The molecular formula is C19H16FN3O4S. The van der Waals surface area contributed by atoms with Gasteiger partial charge in [-0.3, -0.25) is 4.98 Å². The molecule has 4 rings (SSSR count). The summed E-state index contributed by atoms with van der Waals surface area (Å²) in [6.45, 7) is 0.316. The van der Waals surface area contributed by atoms with E-state index in [1.165, 1.54) is 24.3 Å². The summed E-state index contributed by atoms with van der Waals surface area (Å²) >= 11 is 0. The van der Waals surface area contributed by atoms with Crippen LogP contribution < -0.4 is 10.5 Å². The number of nitrogens with one attached hydrogen (secondary N) is 2. The molecule has 0 radical (unpaired) electrons. The molecule has 2 N–H and O–H groups in total. The Morgan fingerprint density at radius 1 is 1.11 bits per heavy atom. The highest BCUT2D eigenvalue weighted by atomic mass is 32.2. The van der Waals surface area contributed by atoms with Gasteiger partial charge in [0.15, 0.2) is 5.58 Å². The van der Waals surface area contributed by atoms with Gasteiger partial charge in [0.1, 0.15) is 5.82 Å². The molecule has 28 heavy (non-hydrogen) atoms. The molecule has 0 aliphatic heterocycles. The summed E-state index contributed by atoms with van der Waals surface area (Å²) in [6.07, 6.45) is 1.76. The van der Waals surface area contributed by atoms with Gasteiger partial charge in [-0.25, -0.2) is 22.3 Å². The average molecular weight is 401 g/mol. The fraction of sp³-hybridized carbons (Fsp3) is 0.105. The molecule has 7 nitrogen and oxygen atoms in total. The minimum absolute atomic E-state index is 0.0186. The number of hydrogen-bond donors (Lipinski definition) is 2. The van der Waals surface area contributed by atoms with Gasteiger partial charge >= 0.3 is 5.76 Å². The van der Waals surface area contributed by atoms with Crippen molar-refractivity contribution in [3.8, 4) is 0 Å². The van der Waals surface area contributed by atoms with Crippen LogP contribution >= 0.6 is 0 Å². The Hall–Kier alpha value is -3.17. The van der Waals surface area contributed by atoms with E-state index in [1.54, 1.807) is 41.1 Å². The van der Waals surface area contributed by atoms with Crippen molar-refractivity contribution < 1.29 is 17.2 Å². The summed E-state index contributed by atoms with van der Waals surface area (Å²) in [7, 11) is -3.83. The first kappa shape index (κ1) is 18.2. The molecule has 2 aromatic heterocycles. The summed E-state index contributed by atoms with van der Waals surface area (Å²) in [5.41, 5.74) is 1.77. The van der Waals surface area contributed by atoms with Gasteiger partial charge in [0.2, 0.25) is 10.0 Å². The van der Waals surface area contributed by atoms with Crippen molar-refractivity contribution in [3.05, 3.63) is 88.4 Å². The van der Waals surface area contributed by atoms with Crippen LogP contribution in [0.25, 0.3) is 11.1 Å². The van der Waals surface area contributed by atoms with E-state index in [0.29, 0.717) is 16.8 Å². The summed E-state index contributed by atoms with van der Waals surface area (Å²) in [4.78, 5) is 13.7. The van der Waals surface area contributed by atoms with E-state index >= 15 is 0 Å². The van der Waals surface area contributed by atoms with E-state index in [-0.39, 0.29) is 29.4 Å². The zero-order valence-electron chi connectivity index (χ0n) is 14.6. The lowest BCUT2D eigenvalue weighted by atomic mass is 10.2. The third kappa shape index (κ3) is 3.62. The number of halogens is 1. The SMILES string of the molecule is O=c1[nH]c2ccc(S(=O)(=O)NCc3cccn3Cc3ccccc3F)cc2o1. The quantitative estimate of drug-likeness (QED) is 0.519. The lowest BCUT2D eigenvalue weighted by Crippen LogP contribution is -2.24. The van der Waals surface area contributed by atoms with Crippen LogP contribution in [0.15, 0.2) is 74.9 Å². The van der Waals surface area contributed by atoms with E-state index in [0.717, 1.165) is 0 Å². The third-order valence-corrected chi connectivity index (χ3v) is 5.77. The van der Waals surface area contributed by atoms with Crippen molar-refractivity contribution in [2.45, 2.75) is 18.0 Å². The first-order chi connectivity index (χ1) is 13.4. The fourth-order valence-electron chi connectivity index (χ4n) is 2.92.